The van der Waals surface area contributed by atoms with Crippen LogP contribution >= 0.6 is 11.6 Å². The minimum absolute atomic E-state index is 0.0326. The van der Waals surface area contributed by atoms with Crippen molar-refractivity contribution in [2.45, 2.75) is 20.4 Å². The lowest BCUT2D eigenvalue weighted by molar-refractivity contribution is 0.195. The van der Waals surface area contributed by atoms with E-state index >= 15 is 0 Å². The van der Waals surface area contributed by atoms with Gasteiger partial charge in [-0.05, 0) is 30.0 Å². The maximum Gasteiger partial charge on any atom is 0.317 e. The van der Waals surface area contributed by atoms with Crippen molar-refractivity contribution in [2.24, 2.45) is 5.92 Å². The molecule has 1 aromatic rings. The number of hydrogen-bond donors (Lipinski definition) is 1. The lowest BCUT2D eigenvalue weighted by Gasteiger charge is -2.22. The van der Waals surface area contributed by atoms with Crippen LogP contribution in [0.4, 0.5) is 4.79 Å². The molecule has 0 radical (unpaired) electrons. The van der Waals surface area contributed by atoms with Crippen molar-refractivity contribution in [3.05, 3.63) is 34.3 Å². The second-order valence-corrected chi connectivity index (χ2v) is 8.54. The highest BCUT2D eigenvalue weighted by Crippen LogP contribution is 2.16. The predicted molar refractivity (Wildman–Crippen MR) is 87.8 cm³/mol. The maximum atomic E-state index is 12.2. The molecule has 2 rings (SSSR count). The van der Waals surface area contributed by atoms with E-state index in [4.69, 9.17) is 11.6 Å². The summed E-state index contributed by atoms with van der Waals surface area (Å²) in [5.41, 5.74) is 1.92. The molecule has 0 saturated carbocycles. The summed E-state index contributed by atoms with van der Waals surface area (Å²) < 4.78 is 23.5. The van der Waals surface area contributed by atoms with Crippen LogP contribution in [0.3, 0.4) is 0 Å². The van der Waals surface area contributed by atoms with Gasteiger partial charge in [0.1, 0.15) is 0 Å². The number of nitrogens with zero attached hydrogens (tertiary/aromatic N) is 1. The average Bonchev–Trinajstić information content (AvgIpc) is 2.57. The highest BCUT2D eigenvalue weighted by molar-refractivity contribution is 7.91. The smallest absolute Gasteiger partial charge is 0.317 e. The van der Waals surface area contributed by atoms with Gasteiger partial charge >= 0.3 is 6.03 Å². The van der Waals surface area contributed by atoms with Gasteiger partial charge in [-0.2, -0.15) is 0 Å². The molecule has 122 valence electrons. The predicted octanol–water partition coefficient (Wildman–Crippen LogP) is 2.22. The molecular weight excluding hydrogens is 324 g/mol. The lowest BCUT2D eigenvalue weighted by Crippen LogP contribution is -2.42. The zero-order valence-electron chi connectivity index (χ0n) is 12.8. The summed E-state index contributed by atoms with van der Waals surface area (Å²) in [5.74, 6) is 0.133. The van der Waals surface area contributed by atoms with E-state index in [1.54, 1.807) is 11.0 Å². The molecule has 1 saturated heterocycles. The number of amides is 2. The van der Waals surface area contributed by atoms with Crippen molar-refractivity contribution in [3.63, 3.8) is 0 Å². The molecule has 2 amide bonds. The molecule has 1 atom stereocenters. The Morgan fingerprint density at radius 3 is 2.86 bits per heavy atom. The molecule has 7 heteroatoms. The highest BCUT2D eigenvalue weighted by atomic mass is 35.5. The molecule has 1 N–H and O–H groups in total. The largest absolute Gasteiger partial charge is 0.334 e. The molecule has 1 aliphatic heterocycles. The molecule has 1 aliphatic rings. The summed E-state index contributed by atoms with van der Waals surface area (Å²) in [6.07, 6.45) is 0. The Hall–Kier alpha value is -1.27. The monoisotopic (exact) mass is 344 g/mol. The number of carbonyl (C=O) groups is 1. The Labute approximate surface area is 136 Å². The zero-order chi connectivity index (χ0) is 16.3. The number of halogens is 1. The van der Waals surface area contributed by atoms with Gasteiger partial charge in [0.05, 0.1) is 11.5 Å². The van der Waals surface area contributed by atoms with Crippen molar-refractivity contribution in [2.75, 3.05) is 24.6 Å². The van der Waals surface area contributed by atoms with Crippen LogP contribution in [0.25, 0.3) is 0 Å². The van der Waals surface area contributed by atoms with Gasteiger partial charge in [0, 0.05) is 24.7 Å². The fourth-order valence-electron chi connectivity index (χ4n) is 2.58. The fraction of sp³-hybridized carbons (Fsp3) is 0.533. The molecule has 0 bridgehead atoms. The lowest BCUT2D eigenvalue weighted by atomic mass is 10.1. The van der Waals surface area contributed by atoms with Crippen LogP contribution < -0.4 is 5.32 Å². The molecular formula is C15H21ClN2O3S. The number of benzene rings is 1. The highest BCUT2D eigenvalue weighted by Gasteiger charge is 2.26. The molecule has 0 aliphatic carbocycles. The Balaban J connectivity index is 1.95. The van der Waals surface area contributed by atoms with E-state index < -0.39 is 9.84 Å². The van der Waals surface area contributed by atoms with Gasteiger partial charge in [0.15, 0.2) is 9.84 Å². The summed E-state index contributed by atoms with van der Waals surface area (Å²) in [6.45, 7) is 4.87. The van der Waals surface area contributed by atoms with E-state index in [1.165, 1.54) is 0 Å². The molecule has 0 aromatic heterocycles. The normalized spacial score (nSPS) is 21.2. The van der Waals surface area contributed by atoms with Crippen LogP contribution in [0.5, 0.6) is 0 Å². The van der Waals surface area contributed by atoms with Crippen molar-refractivity contribution < 1.29 is 13.2 Å². The minimum atomic E-state index is -3.05. The quantitative estimate of drug-likeness (QED) is 0.894. The van der Waals surface area contributed by atoms with E-state index in [1.807, 2.05) is 26.0 Å². The summed E-state index contributed by atoms with van der Waals surface area (Å²) in [6, 6.07) is 5.37. The Kier molecular flexibility index (Phi) is 5.34. The van der Waals surface area contributed by atoms with Crippen LogP contribution in [0.2, 0.25) is 5.02 Å². The van der Waals surface area contributed by atoms with E-state index in [0.717, 1.165) is 11.1 Å². The molecule has 0 spiro atoms. The summed E-state index contributed by atoms with van der Waals surface area (Å²) in [5, 5.41) is 3.54. The third-order valence-electron chi connectivity index (χ3n) is 3.70. The first kappa shape index (κ1) is 17.1. The second kappa shape index (κ2) is 6.87. The van der Waals surface area contributed by atoms with Crippen LogP contribution in [-0.4, -0.2) is 43.9 Å². The number of carbonyl (C=O) groups excluding carboxylic acids is 1. The molecule has 1 unspecified atom stereocenters. The topological polar surface area (TPSA) is 66.5 Å². The van der Waals surface area contributed by atoms with Gasteiger partial charge in [-0.15, -0.1) is 0 Å². The number of hydrogen-bond acceptors (Lipinski definition) is 3. The van der Waals surface area contributed by atoms with Crippen LogP contribution in [0.1, 0.15) is 18.1 Å². The van der Waals surface area contributed by atoms with Crippen molar-refractivity contribution in [3.8, 4) is 0 Å². The first-order valence-corrected chi connectivity index (χ1v) is 9.45. The average molecular weight is 345 g/mol. The minimum Gasteiger partial charge on any atom is -0.334 e. The van der Waals surface area contributed by atoms with Gasteiger partial charge in [0.25, 0.3) is 0 Å². The number of sulfone groups is 1. The Morgan fingerprint density at radius 2 is 2.18 bits per heavy atom. The first-order valence-electron chi connectivity index (χ1n) is 7.25. The van der Waals surface area contributed by atoms with Gasteiger partial charge < -0.3 is 10.2 Å². The SMILES string of the molecule is Cc1cc(CNC(=O)N2CCS(=O)(=O)CC(C)C2)ccc1Cl. The fourth-order valence-corrected chi connectivity index (χ4v) is 4.33. The molecule has 1 heterocycles. The third-order valence-corrected chi connectivity index (χ3v) is 6.00. The van der Waals surface area contributed by atoms with Crippen molar-refractivity contribution in [1.29, 1.82) is 0 Å². The number of aryl methyl sites for hydroxylation is 1. The Bertz CT molecular complexity index is 661. The van der Waals surface area contributed by atoms with Crippen LogP contribution in [-0.2, 0) is 16.4 Å². The standard InChI is InChI=1S/C15H21ClN2O3S/c1-11-9-18(5-6-22(20,21)10-11)15(19)17-8-13-3-4-14(16)12(2)7-13/h3-4,7,11H,5-6,8-10H2,1-2H3,(H,17,19). The number of nitrogens with one attached hydrogen (secondary N) is 1. The summed E-state index contributed by atoms with van der Waals surface area (Å²) >= 11 is 5.97. The van der Waals surface area contributed by atoms with E-state index in [9.17, 15) is 13.2 Å². The second-order valence-electron chi connectivity index (χ2n) is 5.91. The van der Waals surface area contributed by atoms with Gasteiger partial charge in [-0.25, -0.2) is 13.2 Å². The molecule has 1 fully saturated rings. The number of urea groups is 1. The van der Waals surface area contributed by atoms with E-state index in [2.05, 4.69) is 5.32 Å². The zero-order valence-corrected chi connectivity index (χ0v) is 14.4. The van der Waals surface area contributed by atoms with Crippen molar-refractivity contribution >= 4 is 27.5 Å². The molecule has 5 nitrogen and oxygen atoms in total. The molecule has 1 aromatic carbocycles. The van der Waals surface area contributed by atoms with Gasteiger partial charge in [-0.1, -0.05) is 30.7 Å². The summed E-state index contributed by atoms with van der Waals surface area (Å²) in [4.78, 5) is 13.8. The molecule has 22 heavy (non-hydrogen) atoms. The van der Waals surface area contributed by atoms with E-state index in [0.29, 0.717) is 18.1 Å². The van der Waals surface area contributed by atoms with Gasteiger partial charge in [0.2, 0.25) is 0 Å². The summed E-state index contributed by atoms with van der Waals surface area (Å²) in [7, 11) is -3.05. The Morgan fingerprint density at radius 1 is 1.45 bits per heavy atom. The van der Waals surface area contributed by atoms with Crippen LogP contribution in [0.15, 0.2) is 18.2 Å². The third kappa shape index (κ3) is 4.61. The van der Waals surface area contributed by atoms with E-state index in [-0.39, 0.29) is 30.0 Å². The first-order chi connectivity index (χ1) is 10.3. The maximum absolute atomic E-state index is 12.2. The van der Waals surface area contributed by atoms with Crippen LogP contribution in [0, 0.1) is 12.8 Å². The van der Waals surface area contributed by atoms with Crippen molar-refractivity contribution in [1.82, 2.24) is 10.2 Å². The van der Waals surface area contributed by atoms with Gasteiger partial charge in [-0.3, -0.25) is 0 Å². The number of rotatable bonds is 2.